The highest BCUT2D eigenvalue weighted by Crippen LogP contribution is 2.46. The summed E-state index contributed by atoms with van der Waals surface area (Å²) in [5.74, 6) is 0.557. The van der Waals surface area contributed by atoms with E-state index in [4.69, 9.17) is 0 Å². The number of Topliss-reactive ketones (excluding diaryl/α,β-unsaturated/α-hetero) is 1. The Morgan fingerprint density at radius 3 is 2.32 bits per heavy atom. The first-order valence-electron chi connectivity index (χ1n) is 7.50. The molecule has 0 atom stereocenters. The summed E-state index contributed by atoms with van der Waals surface area (Å²) in [6.45, 7) is 4.33. The highest BCUT2D eigenvalue weighted by atomic mass is 16.3. The van der Waals surface area contributed by atoms with Crippen LogP contribution in [0.2, 0.25) is 0 Å². The lowest BCUT2D eigenvalue weighted by atomic mass is 9.75. The Labute approximate surface area is 115 Å². The highest BCUT2D eigenvalue weighted by Gasteiger charge is 2.45. The summed E-state index contributed by atoms with van der Waals surface area (Å²) in [5.41, 5.74) is 1.39. The molecule has 1 aromatic rings. The van der Waals surface area contributed by atoms with E-state index >= 15 is 0 Å². The van der Waals surface area contributed by atoms with Gasteiger partial charge in [-0.25, -0.2) is 0 Å². The molecule has 0 amide bonds. The average Bonchev–Trinajstić information content (AvgIpc) is 2.70. The van der Waals surface area contributed by atoms with Crippen molar-refractivity contribution in [2.45, 2.75) is 58.8 Å². The normalized spacial score (nSPS) is 16.6. The van der Waals surface area contributed by atoms with Crippen molar-refractivity contribution in [2.24, 2.45) is 5.41 Å². The Hall–Kier alpha value is -1.31. The van der Waals surface area contributed by atoms with E-state index in [1.54, 1.807) is 12.1 Å². The summed E-state index contributed by atoms with van der Waals surface area (Å²) in [5, 5.41) is 9.98. The minimum absolute atomic E-state index is 0.243. The largest absolute Gasteiger partial charge is 0.508 e. The van der Waals surface area contributed by atoms with Crippen molar-refractivity contribution >= 4 is 5.78 Å². The number of aromatic hydroxyl groups is 1. The molecular formula is C17H24O2. The van der Waals surface area contributed by atoms with Gasteiger partial charge in [0.25, 0.3) is 0 Å². The fourth-order valence-electron chi connectivity index (χ4n) is 3.24. The quantitative estimate of drug-likeness (QED) is 0.817. The molecule has 2 heteroatoms. The van der Waals surface area contributed by atoms with Crippen molar-refractivity contribution in [1.82, 2.24) is 0 Å². The van der Waals surface area contributed by atoms with Gasteiger partial charge < -0.3 is 5.11 Å². The third kappa shape index (κ3) is 2.54. The van der Waals surface area contributed by atoms with Crippen molar-refractivity contribution in [1.29, 1.82) is 0 Å². The monoisotopic (exact) mass is 260 g/mol. The second-order valence-electron chi connectivity index (χ2n) is 5.80. The molecule has 0 saturated carbocycles. The van der Waals surface area contributed by atoms with E-state index in [2.05, 4.69) is 13.8 Å². The number of phenolic OH excluding ortho intramolecular Hbond substituents is 1. The average molecular weight is 260 g/mol. The molecular weight excluding hydrogens is 236 g/mol. The van der Waals surface area contributed by atoms with Crippen LogP contribution in [0.3, 0.4) is 0 Å². The maximum Gasteiger partial charge on any atom is 0.169 e. The highest BCUT2D eigenvalue weighted by molar-refractivity contribution is 6.05. The number of fused-ring (bicyclic) bond motifs is 1. The summed E-state index contributed by atoms with van der Waals surface area (Å²) in [6.07, 6.45) is 7.04. The first-order chi connectivity index (χ1) is 9.14. The minimum Gasteiger partial charge on any atom is -0.508 e. The van der Waals surface area contributed by atoms with E-state index in [-0.39, 0.29) is 11.2 Å². The summed E-state index contributed by atoms with van der Waals surface area (Å²) in [4.78, 5) is 12.8. The number of phenols is 1. The fourth-order valence-corrected chi connectivity index (χ4v) is 3.24. The maximum atomic E-state index is 12.8. The lowest BCUT2D eigenvalue weighted by Gasteiger charge is -2.27. The lowest BCUT2D eigenvalue weighted by molar-refractivity contribution is 0.0780. The Kier molecular flexibility index (Phi) is 4.28. The molecule has 2 nitrogen and oxygen atoms in total. The molecule has 0 heterocycles. The summed E-state index contributed by atoms with van der Waals surface area (Å²) >= 11 is 0. The van der Waals surface area contributed by atoms with Crippen LogP contribution in [0.15, 0.2) is 18.2 Å². The van der Waals surface area contributed by atoms with Crippen molar-refractivity contribution < 1.29 is 9.90 Å². The third-order valence-electron chi connectivity index (χ3n) is 4.41. The molecule has 0 spiro atoms. The van der Waals surface area contributed by atoms with Crippen LogP contribution in [-0.4, -0.2) is 10.9 Å². The van der Waals surface area contributed by atoms with Gasteiger partial charge in [-0.05, 0) is 25.3 Å². The van der Waals surface area contributed by atoms with Crippen LogP contribution < -0.4 is 0 Å². The number of rotatable bonds is 6. The standard InChI is InChI=1S/C17H24O2/c1-3-5-10-17(11-6-4-2)12-14-13(16(17)19)8-7-9-15(14)18/h7-9,18H,3-6,10-12H2,1-2H3. The van der Waals surface area contributed by atoms with Gasteiger partial charge >= 0.3 is 0 Å². The SMILES string of the molecule is CCCCC1(CCCC)Cc2c(O)cccc2C1=O. The Balaban J connectivity index is 2.31. The number of ketones is 1. The number of carbonyl (C=O) groups is 1. The van der Waals surface area contributed by atoms with Gasteiger partial charge in [0.1, 0.15) is 5.75 Å². The zero-order chi connectivity index (χ0) is 13.9. The smallest absolute Gasteiger partial charge is 0.169 e. The predicted octanol–water partition coefficient (Wildman–Crippen LogP) is 4.50. The Morgan fingerprint density at radius 1 is 1.16 bits per heavy atom. The molecule has 2 rings (SSSR count). The number of carbonyl (C=O) groups excluding carboxylic acids is 1. The van der Waals surface area contributed by atoms with E-state index < -0.39 is 0 Å². The van der Waals surface area contributed by atoms with Crippen LogP contribution >= 0.6 is 0 Å². The topological polar surface area (TPSA) is 37.3 Å². The third-order valence-corrected chi connectivity index (χ3v) is 4.41. The molecule has 19 heavy (non-hydrogen) atoms. The van der Waals surface area contributed by atoms with Crippen LogP contribution in [-0.2, 0) is 6.42 Å². The van der Waals surface area contributed by atoms with Crippen LogP contribution in [0.5, 0.6) is 5.75 Å². The van der Waals surface area contributed by atoms with E-state index in [1.807, 2.05) is 6.07 Å². The van der Waals surface area contributed by atoms with Crippen molar-refractivity contribution in [3.05, 3.63) is 29.3 Å². The van der Waals surface area contributed by atoms with Crippen LogP contribution in [0, 0.1) is 5.41 Å². The van der Waals surface area contributed by atoms with E-state index in [0.717, 1.165) is 56.1 Å². The lowest BCUT2D eigenvalue weighted by Crippen LogP contribution is -2.28. The van der Waals surface area contributed by atoms with E-state index in [0.29, 0.717) is 5.75 Å². The Morgan fingerprint density at radius 2 is 1.79 bits per heavy atom. The second kappa shape index (κ2) is 5.77. The molecule has 0 radical (unpaired) electrons. The molecule has 0 aromatic heterocycles. The number of benzene rings is 1. The maximum absolute atomic E-state index is 12.8. The number of hydrogen-bond donors (Lipinski definition) is 1. The molecule has 1 N–H and O–H groups in total. The van der Waals surface area contributed by atoms with Crippen molar-refractivity contribution in [2.75, 3.05) is 0 Å². The first kappa shape index (κ1) is 14.1. The zero-order valence-electron chi connectivity index (χ0n) is 12.0. The molecule has 1 aliphatic carbocycles. The molecule has 0 unspecified atom stereocenters. The molecule has 1 aliphatic rings. The van der Waals surface area contributed by atoms with Crippen molar-refractivity contribution in [3.63, 3.8) is 0 Å². The molecule has 0 bridgehead atoms. The predicted molar refractivity (Wildman–Crippen MR) is 77.6 cm³/mol. The van der Waals surface area contributed by atoms with Gasteiger partial charge in [-0.1, -0.05) is 51.7 Å². The summed E-state index contributed by atoms with van der Waals surface area (Å²) in [6, 6.07) is 5.35. The van der Waals surface area contributed by atoms with Gasteiger partial charge in [-0.2, -0.15) is 0 Å². The zero-order valence-corrected chi connectivity index (χ0v) is 12.0. The number of unbranched alkanes of at least 4 members (excludes halogenated alkanes) is 2. The van der Waals surface area contributed by atoms with Gasteiger partial charge in [0.05, 0.1) is 0 Å². The molecule has 0 saturated heterocycles. The first-order valence-corrected chi connectivity index (χ1v) is 7.50. The van der Waals surface area contributed by atoms with Gasteiger partial charge in [-0.15, -0.1) is 0 Å². The van der Waals surface area contributed by atoms with Gasteiger partial charge in [0, 0.05) is 16.5 Å². The Bertz CT molecular complexity index is 454. The van der Waals surface area contributed by atoms with Crippen molar-refractivity contribution in [3.8, 4) is 5.75 Å². The van der Waals surface area contributed by atoms with Gasteiger partial charge in [0.15, 0.2) is 5.78 Å². The summed E-state index contributed by atoms with van der Waals surface area (Å²) < 4.78 is 0. The van der Waals surface area contributed by atoms with Crippen LogP contribution in [0.4, 0.5) is 0 Å². The second-order valence-corrected chi connectivity index (χ2v) is 5.80. The minimum atomic E-state index is -0.243. The van der Waals surface area contributed by atoms with Crippen LogP contribution in [0.25, 0.3) is 0 Å². The summed E-state index contributed by atoms with van der Waals surface area (Å²) in [7, 11) is 0. The molecule has 0 aliphatic heterocycles. The van der Waals surface area contributed by atoms with E-state index in [1.165, 1.54) is 0 Å². The van der Waals surface area contributed by atoms with E-state index in [9.17, 15) is 9.90 Å². The number of hydrogen-bond acceptors (Lipinski definition) is 2. The van der Waals surface area contributed by atoms with Gasteiger partial charge in [0.2, 0.25) is 0 Å². The fraction of sp³-hybridized carbons (Fsp3) is 0.588. The molecule has 0 fully saturated rings. The van der Waals surface area contributed by atoms with Gasteiger partial charge in [-0.3, -0.25) is 4.79 Å². The molecule has 104 valence electrons. The molecule has 1 aromatic carbocycles. The van der Waals surface area contributed by atoms with Crippen LogP contribution in [0.1, 0.15) is 68.3 Å².